The Hall–Kier alpha value is -3.02. The van der Waals surface area contributed by atoms with E-state index in [4.69, 9.17) is 14.2 Å². The Balaban J connectivity index is 1.28. The zero-order valence-corrected chi connectivity index (χ0v) is 18.2. The van der Waals surface area contributed by atoms with Crippen LogP contribution >= 0.6 is 0 Å². The van der Waals surface area contributed by atoms with E-state index in [1.807, 2.05) is 17.0 Å². The van der Waals surface area contributed by atoms with Crippen LogP contribution in [0.3, 0.4) is 0 Å². The lowest BCUT2D eigenvalue weighted by molar-refractivity contribution is -0.131. The topological polar surface area (TPSA) is 65.1 Å². The second-order valence-corrected chi connectivity index (χ2v) is 8.26. The molecule has 164 valence electrons. The lowest BCUT2D eigenvalue weighted by Crippen LogP contribution is -2.45. The van der Waals surface area contributed by atoms with E-state index in [-0.39, 0.29) is 18.1 Å². The molecule has 1 amide bonds. The number of likely N-dealkylation sites (tertiary alicyclic amines) is 1. The minimum absolute atomic E-state index is 0.0388. The van der Waals surface area contributed by atoms with Crippen LogP contribution in [0, 0.1) is 0 Å². The number of fused-ring (bicyclic) bond motifs is 1. The van der Waals surface area contributed by atoms with Crippen molar-refractivity contribution in [1.29, 1.82) is 0 Å². The molecule has 0 bridgehead atoms. The number of aryl methyl sites for hydroxylation is 1. The van der Waals surface area contributed by atoms with E-state index in [1.165, 1.54) is 5.56 Å². The smallest absolute Gasteiger partial charge is 0.222 e. The van der Waals surface area contributed by atoms with Crippen molar-refractivity contribution in [1.82, 2.24) is 4.90 Å². The van der Waals surface area contributed by atoms with E-state index in [0.717, 1.165) is 12.2 Å². The van der Waals surface area contributed by atoms with Gasteiger partial charge in [-0.2, -0.15) is 0 Å². The fourth-order valence-electron chi connectivity index (χ4n) is 4.28. The predicted octanol–water partition coefficient (Wildman–Crippen LogP) is 4.05. The molecule has 2 aliphatic rings. The number of nitrogens with zero attached hydrogens (tertiary/aromatic N) is 1. The van der Waals surface area contributed by atoms with Crippen LogP contribution in [0.2, 0.25) is 0 Å². The summed E-state index contributed by atoms with van der Waals surface area (Å²) in [6, 6.07) is 13.3. The lowest BCUT2D eigenvalue weighted by Gasteiger charge is -2.34. The molecule has 2 heterocycles. The van der Waals surface area contributed by atoms with Crippen molar-refractivity contribution in [3.05, 3.63) is 53.6 Å². The molecule has 2 aromatic rings. The van der Waals surface area contributed by atoms with Crippen LogP contribution in [-0.2, 0) is 11.2 Å². The number of Topliss-reactive ketones (excluding diaryl/α,β-unsaturated/α-hetero) is 1. The van der Waals surface area contributed by atoms with Gasteiger partial charge in [0.1, 0.15) is 22.8 Å². The van der Waals surface area contributed by atoms with Gasteiger partial charge in [-0.05, 0) is 48.7 Å². The van der Waals surface area contributed by atoms with Gasteiger partial charge < -0.3 is 19.1 Å². The Bertz CT molecular complexity index is 955. The Morgan fingerprint density at radius 1 is 1.16 bits per heavy atom. The van der Waals surface area contributed by atoms with E-state index < -0.39 is 5.60 Å². The molecule has 6 heteroatoms. The van der Waals surface area contributed by atoms with E-state index in [0.29, 0.717) is 56.0 Å². The van der Waals surface area contributed by atoms with Gasteiger partial charge in [-0.25, -0.2) is 0 Å². The third kappa shape index (κ3) is 4.68. The SMILES string of the molecule is CCc1ccc(OCCCC(=O)N2CCC3(CC(=O)c4cc(OC)ccc4O3)C2)cc1. The molecule has 0 aromatic heterocycles. The average Bonchev–Trinajstić information content (AvgIpc) is 3.19. The number of carbonyl (C=O) groups excluding carboxylic acids is 2. The van der Waals surface area contributed by atoms with Crippen molar-refractivity contribution in [3.8, 4) is 17.2 Å². The Kier molecular flexibility index (Phi) is 6.16. The quantitative estimate of drug-likeness (QED) is 0.629. The maximum absolute atomic E-state index is 12.7. The number of hydrogen-bond donors (Lipinski definition) is 0. The molecule has 1 spiro atoms. The third-order valence-corrected chi connectivity index (χ3v) is 6.10. The Morgan fingerprint density at radius 3 is 2.68 bits per heavy atom. The minimum atomic E-state index is -0.619. The number of ketones is 1. The first kappa shape index (κ1) is 21.2. The molecule has 1 saturated heterocycles. The number of hydrogen-bond acceptors (Lipinski definition) is 5. The molecule has 0 radical (unpaired) electrons. The monoisotopic (exact) mass is 423 g/mol. The average molecular weight is 424 g/mol. The van der Waals surface area contributed by atoms with Gasteiger partial charge in [0.25, 0.3) is 0 Å². The van der Waals surface area contributed by atoms with Gasteiger partial charge in [0, 0.05) is 19.4 Å². The van der Waals surface area contributed by atoms with E-state index >= 15 is 0 Å². The zero-order chi connectivity index (χ0) is 21.8. The van der Waals surface area contributed by atoms with Gasteiger partial charge in [-0.15, -0.1) is 0 Å². The molecule has 1 fully saturated rings. The Labute approximate surface area is 183 Å². The number of methoxy groups -OCH3 is 1. The van der Waals surface area contributed by atoms with Crippen molar-refractivity contribution >= 4 is 11.7 Å². The molecule has 0 aliphatic carbocycles. The third-order valence-electron chi connectivity index (χ3n) is 6.10. The molecule has 1 unspecified atom stereocenters. The van der Waals surface area contributed by atoms with Crippen molar-refractivity contribution in [2.45, 2.75) is 44.6 Å². The van der Waals surface area contributed by atoms with Gasteiger partial charge >= 0.3 is 0 Å². The summed E-state index contributed by atoms with van der Waals surface area (Å²) < 4.78 is 17.2. The molecule has 1 atom stereocenters. The van der Waals surface area contributed by atoms with E-state index in [9.17, 15) is 9.59 Å². The number of benzene rings is 2. The van der Waals surface area contributed by atoms with Gasteiger partial charge in [0.05, 0.1) is 32.2 Å². The van der Waals surface area contributed by atoms with Crippen molar-refractivity contribution < 1.29 is 23.8 Å². The summed E-state index contributed by atoms with van der Waals surface area (Å²) in [5.41, 5.74) is 1.21. The number of rotatable bonds is 7. The van der Waals surface area contributed by atoms with Crippen LogP contribution < -0.4 is 14.2 Å². The largest absolute Gasteiger partial charge is 0.497 e. The van der Waals surface area contributed by atoms with Gasteiger partial charge in [0.15, 0.2) is 5.78 Å². The van der Waals surface area contributed by atoms with Gasteiger partial charge in [0.2, 0.25) is 5.91 Å². The van der Waals surface area contributed by atoms with Gasteiger partial charge in [-0.1, -0.05) is 19.1 Å². The first-order valence-electron chi connectivity index (χ1n) is 10.9. The summed E-state index contributed by atoms with van der Waals surface area (Å²) in [5.74, 6) is 2.16. The Morgan fingerprint density at radius 2 is 1.94 bits per heavy atom. The highest BCUT2D eigenvalue weighted by molar-refractivity contribution is 6.01. The molecule has 6 nitrogen and oxygen atoms in total. The molecule has 0 saturated carbocycles. The lowest BCUT2D eigenvalue weighted by atomic mass is 9.89. The molecule has 0 N–H and O–H groups in total. The second-order valence-electron chi connectivity index (χ2n) is 8.26. The van der Waals surface area contributed by atoms with Gasteiger partial charge in [-0.3, -0.25) is 9.59 Å². The second kappa shape index (κ2) is 9.00. The van der Waals surface area contributed by atoms with E-state index in [1.54, 1.807) is 25.3 Å². The summed E-state index contributed by atoms with van der Waals surface area (Å²) in [5, 5.41) is 0. The highest BCUT2D eigenvalue weighted by Gasteiger charge is 2.46. The number of ether oxygens (including phenoxy) is 3. The molecular weight excluding hydrogens is 394 g/mol. The van der Waals surface area contributed by atoms with Crippen molar-refractivity contribution in [3.63, 3.8) is 0 Å². The van der Waals surface area contributed by atoms with Crippen molar-refractivity contribution in [2.75, 3.05) is 26.8 Å². The van der Waals surface area contributed by atoms with Crippen LogP contribution in [0.1, 0.15) is 48.5 Å². The number of amides is 1. The highest BCUT2D eigenvalue weighted by Crippen LogP contribution is 2.40. The zero-order valence-electron chi connectivity index (χ0n) is 18.2. The fourth-order valence-corrected chi connectivity index (χ4v) is 4.28. The first-order chi connectivity index (χ1) is 15.0. The van der Waals surface area contributed by atoms with Crippen LogP contribution in [-0.4, -0.2) is 49.0 Å². The molecule has 31 heavy (non-hydrogen) atoms. The molecule has 4 rings (SSSR count). The number of carbonyl (C=O) groups is 2. The summed E-state index contributed by atoms with van der Waals surface area (Å²) in [6.45, 7) is 3.67. The minimum Gasteiger partial charge on any atom is -0.497 e. The summed E-state index contributed by atoms with van der Waals surface area (Å²) in [7, 11) is 1.57. The summed E-state index contributed by atoms with van der Waals surface area (Å²) in [4.78, 5) is 27.2. The predicted molar refractivity (Wildman–Crippen MR) is 117 cm³/mol. The molecular formula is C25H29NO5. The summed E-state index contributed by atoms with van der Waals surface area (Å²) >= 11 is 0. The fraction of sp³-hybridized carbons (Fsp3) is 0.440. The van der Waals surface area contributed by atoms with Crippen molar-refractivity contribution in [2.24, 2.45) is 0 Å². The molecule has 2 aliphatic heterocycles. The van der Waals surface area contributed by atoms with Crippen LogP contribution in [0.15, 0.2) is 42.5 Å². The maximum atomic E-state index is 12.7. The maximum Gasteiger partial charge on any atom is 0.222 e. The molecule has 2 aromatic carbocycles. The van der Waals surface area contributed by atoms with Crippen LogP contribution in [0.5, 0.6) is 17.2 Å². The normalized spacial score (nSPS) is 19.8. The summed E-state index contributed by atoms with van der Waals surface area (Å²) in [6.07, 6.45) is 3.02. The highest BCUT2D eigenvalue weighted by atomic mass is 16.5. The van der Waals surface area contributed by atoms with Crippen LogP contribution in [0.25, 0.3) is 0 Å². The van der Waals surface area contributed by atoms with E-state index in [2.05, 4.69) is 19.1 Å². The van der Waals surface area contributed by atoms with Crippen LogP contribution in [0.4, 0.5) is 0 Å². The first-order valence-corrected chi connectivity index (χ1v) is 10.9. The standard InChI is InChI=1S/C25H29NO5/c1-3-18-6-8-19(9-7-18)30-14-4-5-24(28)26-13-12-25(17-26)16-22(27)21-15-20(29-2)10-11-23(21)31-25/h6-11,15H,3-5,12-14,16-17H2,1-2H3.